The van der Waals surface area contributed by atoms with Crippen molar-refractivity contribution in [2.24, 2.45) is 5.92 Å². The van der Waals surface area contributed by atoms with Crippen molar-refractivity contribution in [2.75, 3.05) is 11.9 Å². The largest absolute Gasteiger partial charge is 0.493 e. The molecule has 0 radical (unpaired) electrons. The lowest BCUT2D eigenvalue weighted by Crippen LogP contribution is -2.34. The van der Waals surface area contributed by atoms with E-state index in [2.05, 4.69) is 40.4 Å². The van der Waals surface area contributed by atoms with Gasteiger partial charge >= 0.3 is 0 Å². The van der Waals surface area contributed by atoms with Gasteiger partial charge in [-0.25, -0.2) is 0 Å². The SMILES string of the molecule is Cc1ccc(C(=O)NC(=S)Nc2ccc(OCC(C)C)cc2)cc1Br. The van der Waals surface area contributed by atoms with E-state index in [-0.39, 0.29) is 11.0 Å². The highest BCUT2D eigenvalue weighted by Gasteiger charge is 2.09. The van der Waals surface area contributed by atoms with Crippen LogP contribution in [0, 0.1) is 12.8 Å². The van der Waals surface area contributed by atoms with Crippen LogP contribution < -0.4 is 15.4 Å². The van der Waals surface area contributed by atoms with Crippen molar-refractivity contribution in [3.05, 3.63) is 58.1 Å². The Morgan fingerprint density at radius 3 is 2.48 bits per heavy atom. The van der Waals surface area contributed by atoms with Crippen molar-refractivity contribution in [1.29, 1.82) is 0 Å². The zero-order valence-electron chi connectivity index (χ0n) is 14.4. The molecular weight excluding hydrogens is 400 g/mol. The number of carbonyl (C=O) groups excluding carboxylic acids is 1. The fraction of sp³-hybridized carbons (Fsp3) is 0.263. The molecule has 4 nitrogen and oxygen atoms in total. The van der Waals surface area contributed by atoms with E-state index >= 15 is 0 Å². The summed E-state index contributed by atoms with van der Waals surface area (Å²) in [7, 11) is 0. The van der Waals surface area contributed by atoms with E-state index in [9.17, 15) is 4.79 Å². The second kappa shape index (κ2) is 8.97. The number of nitrogens with one attached hydrogen (secondary N) is 2. The molecule has 0 spiro atoms. The van der Waals surface area contributed by atoms with Gasteiger partial charge in [0.2, 0.25) is 0 Å². The molecule has 0 heterocycles. The highest BCUT2D eigenvalue weighted by molar-refractivity contribution is 9.10. The first-order chi connectivity index (χ1) is 11.8. The summed E-state index contributed by atoms with van der Waals surface area (Å²) in [4.78, 5) is 12.2. The molecule has 0 aliphatic heterocycles. The van der Waals surface area contributed by atoms with Gasteiger partial charge in [0, 0.05) is 15.7 Å². The highest BCUT2D eigenvalue weighted by Crippen LogP contribution is 2.18. The average Bonchev–Trinajstić information content (AvgIpc) is 2.56. The number of halogens is 1. The van der Waals surface area contributed by atoms with Crippen LogP contribution in [0.5, 0.6) is 5.75 Å². The van der Waals surface area contributed by atoms with E-state index < -0.39 is 0 Å². The molecule has 0 atom stereocenters. The minimum Gasteiger partial charge on any atom is -0.493 e. The van der Waals surface area contributed by atoms with Crippen molar-refractivity contribution in [2.45, 2.75) is 20.8 Å². The average molecular weight is 421 g/mol. The van der Waals surface area contributed by atoms with E-state index in [0.717, 1.165) is 21.5 Å². The van der Waals surface area contributed by atoms with E-state index in [0.29, 0.717) is 18.1 Å². The molecule has 2 N–H and O–H groups in total. The van der Waals surface area contributed by atoms with Crippen LogP contribution in [0.25, 0.3) is 0 Å². The Balaban J connectivity index is 1.91. The van der Waals surface area contributed by atoms with Gasteiger partial charge in [-0.15, -0.1) is 0 Å². The third kappa shape index (κ3) is 6.14. The predicted octanol–water partition coefficient (Wildman–Crippen LogP) is 4.92. The van der Waals surface area contributed by atoms with Crippen molar-refractivity contribution in [1.82, 2.24) is 5.32 Å². The van der Waals surface area contributed by atoms with Crippen molar-refractivity contribution in [3.8, 4) is 5.75 Å². The van der Waals surface area contributed by atoms with Crippen LogP contribution in [0.4, 0.5) is 5.69 Å². The van der Waals surface area contributed by atoms with Crippen molar-refractivity contribution in [3.63, 3.8) is 0 Å². The molecule has 25 heavy (non-hydrogen) atoms. The number of hydrogen-bond acceptors (Lipinski definition) is 3. The summed E-state index contributed by atoms with van der Waals surface area (Å²) >= 11 is 8.63. The molecule has 0 fully saturated rings. The molecule has 0 bridgehead atoms. The van der Waals surface area contributed by atoms with Gasteiger partial charge < -0.3 is 10.1 Å². The number of rotatable bonds is 5. The Kier molecular flexibility index (Phi) is 6.96. The number of aryl methyl sites for hydroxylation is 1. The standard InChI is InChI=1S/C19H21BrN2O2S/c1-12(2)11-24-16-8-6-15(7-9-16)21-19(25)22-18(23)14-5-4-13(3)17(20)10-14/h4-10,12H,11H2,1-3H3,(H2,21,22,23,25). The fourth-order valence-electron chi connectivity index (χ4n) is 1.97. The van der Waals surface area contributed by atoms with Gasteiger partial charge in [0.25, 0.3) is 5.91 Å². The second-order valence-corrected chi connectivity index (χ2v) is 7.36. The molecule has 2 aromatic carbocycles. The number of amides is 1. The molecule has 6 heteroatoms. The zero-order chi connectivity index (χ0) is 18.4. The number of carbonyl (C=O) groups is 1. The summed E-state index contributed by atoms with van der Waals surface area (Å²) in [6.45, 7) is 6.84. The highest BCUT2D eigenvalue weighted by atomic mass is 79.9. The molecule has 1 amide bonds. The lowest BCUT2D eigenvalue weighted by atomic mass is 10.1. The summed E-state index contributed by atoms with van der Waals surface area (Å²) < 4.78 is 6.52. The van der Waals surface area contributed by atoms with Crippen LogP contribution in [-0.4, -0.2) is 17.6 Å². The Labute approximate surface area is 162 Å². The summed E-state index contributed by atoms with van der Waals surface area (Å²) in [6, 6.07) is 12.9. The van der Waals surface area contributed by atoms with Gasteiger partial charge in [-0.05, 0) is 67.0 Å². The quantitative estimate of drug-likeness (QED) is 0.673. The van der Waals surface area contributed by atoms with E-state index in [4.69, 9.17) is 17.0 Å². The first kappa shape index (κ1) is 19.4. The smallest absolute Gasteiger partial charge is 0.257 e. The minimum atomic E-state index is -0.255. The molecule has 132 valence electrons. The van der Waals surface area contributed by atoms with Crippen molar-refractivity contribution < 1.29 is 9.53 Å². The van der Waals surface area contributed by atoms with Gasteiger partial charge in [-0.2, -0.15) is 0 Å². The van der Waals surface area contributed by atoms with Crippen LogP contribution in [0.1, 0.15) is 29.8 Å². The van der Waals surface area contributed by atoms with Crippen LogP contribution in [0.3, 0.4) is 0 Å². The summed E-state index contributed by atoms with van der Waals surface area (Å²) in [5.41, 5.74) is 2.39. The molecular formula is C19H21BrN2O2S. The molecule has 0 aliphatic rings. The summed E-state index contributed by atoms with van der Waals surface area (Å²) in [5.74, 6) is 1.02. The molecule has 0 aromatic heterocycles. The third-order valence-electron chi connectivity index (χ3n) is 3.36. The van der Waals surface area contributed by atoms with Crippen LogP contribution in [0.15, 0.2) is 46.9 Å². The normalized spacial score (nSPS) is 10.4. The maximum atomic E-state index is 12.2. The number of anilines is 1. The lowest BCUT2D eigenvalue weighted by molar-refractivity contribution is 0.0977. The number of ether oxygens (including phenoxy) is 1. The number of thiocarbonyl (C=S) groups is 1. The van der Waals surface area contributed by atoms with Crippen LogP contribution >= 0.6 is 28.1 Å². The molecule has 0 aliphatic carbocycles. The third-order valence-corrected chi connectivity index (χ3v) is 4.42. The Morgan fingerprint density at radius 2 is 1.88 bits per heavy atom. The van der Waals surface area contributed by atoms with Crippen LogP contribution in [0.2, 0.25) is 0 Å². The zero-order valence-corrected chi connectivity index (χ0v) is 16.8. The van der Waals surface area contributed by atoms with Gasteiger partial charge in [0.05, 0.1) is 6.61 Å². The van der Waals surface area contributed by atoms with Gasteiger partial charge in [0.1, 0.15) is 5.75 Å². The Morgan fingerprint density at radius 1 is 1.20 bits per heavy atom. The molecule has 0 saturated carbocycles. The maximum absolute atomic E-state index is 12.2. The van der Waals surface area contributed by atoms with Gasteiger partial charge in [0.15, 0.2) is 5.11 Å². The summed E-state index contributed by atoms with van der Waals surface area (Å²) in [5, 5.41) is 5.92. The maximum Gasteiger partial charge on any atom is 0.257 e. The van der Waals surface area contributed by atoms with Crippen molar-refractivity contribution >= 4 is 44.9 Å². The topological polar surface area (TPSA) is 50.4 Å². The Hall–Kier alpha value is -1.92. The first-order valence-corrected chi connectivity index (χ1v) is 9.16. The molecule has 2 rings (SSSR count). The molecule has 0 saturated heterocycles. The second-order valence-electron chi connectivity index (χ2n) is 6.10. The van der Waals surface area contributed by atoms with E-state index in [1.165, 1.54) is 0 Å². The summed E-state index contributed by atoms with van der Waals surface area (Å²) in [6.07, 6.45) is 0. The number of benzene rings is 2. The van der Waals surface area contributed by atoms with E-state index in [1.807, 2.05) is 37.3 Å². The Bertz CT molecular complexity index is 761. The number of hydrogen-bond donors (Lipinski definition) is 2. The first-order valence-electron chi connectivity index (χ1n) is 7.96. The lowest BCUT2D eigenvalue weighted by Gasteiger charge is -2.12. The van der Waals surface area contributed by atoms with Gasteiger partial charge in [-0.1, -0.05) is 35.8 Å². The molecule has 0 unspecified atom stereocenters. The minimum absolute atomic E-state index is 0.248. The monoisotopic (exact) mass is 420 g/mol. The predicted molar refractivity (Wildman–Crippen MR) is 109 cm³/mol. The molecule has 2 aromatic rings. The van der Waals surface area contributed by atoms with E-state index in [1.54, 1.807) is 12.1 Å². The van der Waals surface area contributed by atoms with Crippen LogP contribution in [-0.2, 0) is 0 Å². The van der Waals surface area contributed by atoms with Gasteiger partial charge in [-0.3, -0.25) is 10.1 Å². The fourth-order valence-corrected chi connectivity index (χ4v) is 2.56.